The molecular formula is C31H25Cl2F3N8. The lowest BCUT2D eigenvalue weighted by atomic mass is 10.0. The normalized spacial score (nSPS) is 17.2. The van der Waals surface area contributed by atoms with E-state index < -0.39 is 23.8 Å². The zero-order valence-electron chi connectivity index (χ0n) is 23.3. The van der Waals surface area contributed by atoms with Crippen LogP contribution < -0.4 is 10.6 Å². The molecule has 1 unspecified atom stereocenters. The van der Waals surface area contributed by atoms with E-state index in [1.807, 2.05) is 30.3 Å². The van der Waals surface area contributed by atoms with Gasteiger partial charge in [0.25, 0.3) is 5.92 Å². The molecule has 0 radical (unpaired) electrons. The summed E-state index contributed by atoms with van der Waals surface area (Å²) in [5.41, 5.74) is 3.49. The summed E-state index contributed by atoms with van der Waals surface area (Å²) in [5, 5.41) is 26.0. The van der Waals surface area contributed by atoms with E-state index in [-0.39, 0.29) is 23.6 Å². The van der Waals surface area contributed by atoms with Crippen LogP contribution in [0, 0.1) is 17.1 Å². The van der Waals surface area contributed by atoms with Crippen molar-refractivity contribution in [1.82, 2.24) is 24.9 Å². The molecule has 1 saturated heterocycles. The summed E-state index contributed by atoms with van der Waals surface area (Å²) in [7, 11) is 1.66. The maximum Gasteiger partial charge on any atom is 0.262 e. The number of likely N-dealkylation sites (N-methyl/N-ethyl adjacent to an activating group) is 1. The average molecular weight is 637 g/mol. The molecule has 2 atom stereocenters. The molecule has 0 bridgehead atoms. The highest BCUT2D eigenvalue weighted by Gasteiger charge is 2.40. The van der Waals surface area contributed by atoms with E-state index in [0.717, 1.165) is 5.56 Å². The number of nitriles is 1. The summed E-state index contributed by atoms with van der Waals surface area (Å²) in [6, 6.07) is 18.0. The van der Waals surface area contributed by atoms with E-state index in [9.17, 15) is 18.4 Å². The van der Waals surface area contributed by atoms with E-state index in [2.05, 4.69) is 32.0 Å². The number of rotatable bonds is 7. The highest BCUT2D eigenvalue weighted by atomic mass is 35.5. The van der Waals surface area contributed by atoms with E-state index in [1.54, 1.807) is 30.3 Å². The number of halogens is 5. The number of likely N-dealkylation sites (tertiary alicyclic amines) is 1. The van der Waals surface area contributed by atoms with Crippen molar-refractivity contribution >= 4 is 51.2 Å². The predicted octanol–water partition coefficient (Wildman–Crippen LogP) is 7.60. The molecule has 2 aromatic heterocycles. The molecule has 224 valence electrons. The standard InChI is InChI=1S/C31H25Cl2F3N8/c1-43-15-22(12-31(35,36)17-43)44-16-27(41-42-44)29(18-5-3-2-4-6-18)40-26-10-20(32)9-23-28(19(13-37)14-38-30(23)26)39-21-7-8-25(34)24(33)11-21/h2-11,14,16,22,29,40H,12,15,17H2,1H3,(H,38,39)/t22?,29-/m0/s1. The van der Waals surface area contributed by atoms with Crippen LogP contribution in [0.1, 0.15) is 35.3 Å². The van der Waals surface area contributed by atoms with Crippen LogP contribution in [0.25, 0.3) is 10.9 Å². The molecule has 1 aliphatic heterocycles. The van der Waals surface area contributed by atoms with Crippen LogP contribution in [0.15, 0.2) is 73.1 Å². The van der Waals surface area contributed by atoms with Crippen molar-refractivity contribution < 1.29 is 13.2 Å². The van der Waals surface area contributed by atoms with Gasteiger partial charge in [0.15, 0.2) is 0 Å². The third-order valence-electron chi connectivity index (χ3n) is 7.43. The molecule has 0 amide bonds. The van der Waals surface area contributed by atoms with E-state index in [4.69, 9.17) is 23.2 Å². The third-order valence-corrected chi connectivity index (χ3v) is 7.94. The van der Waals surface area contributed by atoms with Gasteiger partial charge in [-0.05, 0) is 42.9 Å². The van der Waals surface area contributed by atoms with Crippen LogP contribution in [0.5, 0.6) is 0 Å². The SMILES string of the molecule is CN1CC(n2cc([C@@H](Nc3cc(Cl)cc4c(Nc5ccc(F)c(Cl)c5)c(C#N)cnc34)c3ccccc3)nn2)CC(F)(F)C1. The van der Waals surface area contributed by atoms with Gasteiger partial charge in [0, 0.05) is 35.3 Å². The van der Waals surface area contributed by atoms with Crippen LogP contribution in [0.2, 0.25) is 10.0 Å². The quantitative estimate of drug-likeness (QED) is 0.190. The molecule has 0 saturated carbocycles. The van der Waals surface area contributed by atoms with Crippen LogP contribution in [0.3, 0.4) is 0 Å². The minimum atomic E-state index is -2.83. The summed E-state index contributed by atoms with van der Waals surface area (Å²) in [5.74, 6) is -3.40. The predicted molar refractivity (Wildman–Crippen MR) is 164 cm³/mol. The molecule has 0 spiro atoms. The van der Waals surface area contributed by atoms with Gasteiger partial charge in [0.2, 0.25) is 0 Å². The Hall–Kier alpha value is -4.37. The second-order valence-corrected chi connectivity index (χ2v) is 11.6. The molecule has 1 aliphatic rings. The van der Waals surface area contributed by atoms with Crippen molar-refractivity contribution in [2.24, 2.45) is 0 Å². The largest absolute Gasteiger partial charge is 0.371 e. The van der Waals surface area contributed by atoms with Crippen molar-refractivity contribution in [3.05, 3.63) is 106 Å². The lowest BCUT2D eigenvalue weighted by molar-refractivity contribution is -0.0763. The Kier molecular flexibility index (Phi) is 8.07. The third kappa shape index (κ3) is 6.15. The maximum absolute atomic E-state index is 14.4. The number of anilines is 3. The van der Waals surface area contributed by atoms with Gasteiger partial charge in [-0.25, -0.2) is 17.9 Å². The number of alkyl halides is 2. The first-order valence-corrected chi connectivity index (χ1v) is 14.4. The number of hydrogen-bond donors (Lipinski definition) is 2. The average Bonchev–Trinajstić information content (AvgIpc) is 3.47. The van der Waals surface area contributed by atoms with Crippen molar-refractivity contribution in [3.8, 4) is 6.07 Å². The lowest BCUT2D eigenvalue weighted by Crippen LogP contribution is -2.45. The molecule has 0 aliphatic carbocycles. The topological polar surface area (TPSA) is 94.7 Å². The fraction of sp³-hybridized carbons (Fsp3) is 0.226. The highest BCUT2D eigenvalue weighted by molar-refractivity contribution is 6.32. The summed E-state index contributed by atoms with van der Waals surface area (Å²) >= 11 is 12.6. The van der Waals surface area contributed by atoms with Gasteiger partial charge in [0.1, 0.15) is 17.6 Å². The van der Waals surface area contributed by atoms with Gasteiger partial charge >= 0.3 is 0 Å². The van der Waals surface area contributed by atoms with E-state index in [1.165, 1.54) is 29.1 Å². The molecule has 5 aromatic rings. The Morgan fingerprint density at radius 1 is 1.11 bits per heavy atom. The molecule has 6 rings (SSSR count). The fourth-order valence-corrected chi connectivity index (χ4v) is 5.91. The Labute approximate surface area is 261 Å². The van der Waals surface area contributed by atoms with Crippen molar-refractivity contribution in [2.75, 3.05) is 30.8 Å². The van der Waals surface area contributed by atoms with Crippen LogP contribution in [0.4, 0.5) is 30.2 Å². The Morgan fingerprint density at radius 3 is 2.64 bits per heavy atom. The van der Waals surface area contributed by atoms with Gasteiger partial charge in [-0.2, -0.15) is 5.26 Å². The van der Waals surface area contributed by atoms with Crippen LogP contribution in [-0.2, 0) is 0 Å². The minimum absolute atomic E-state index is 0.0744. The smallest absolute Gasteiger partial charge is 0.262 e. The maximum atomic E-state index is 14.4. The Morgan fingerprint density at radius 2 is 1.91 bits per heavy atom. The summed E-state index contributed by atoms with van der Waals surface area (Å²) in [6.07, 6.45) is 2.79. The molecule has 2 N–H and O–H groups in total. The first-order chi connectivity index (χ1) is 21.1. The molecule has 3 heterocycles. The number of fused-ring (bicyclic) bond motifs is 1. The van der Waals surface area contributed by atoms with Gasteiger partial charge in [-0.15, -0.1) is 5.10 Å². The number of nitrogens with one attached hydrogen (secondary N) is 2. The van der Waals surface area contributed by atoms with Crippen molar-refractivity contribution in [2.45, 2.75) is 24.4 Å². The monoisotopic (exact) mass is 636 g/mol. The first kappa shape index (κ1) is 29.7. The molecular weight excluding hydrogens is 612 g/mol. The second-order valence-electron chi connectivity index (χ2n) is 10.8. The fourth-order valence-electron chi connectivity index (χ4n) is 5.52. The number of benzene rings is 3. The summed E-state index contributed by atoms with van der Waals surface area (Å²) in [4.78, 5) is 6.16. The minimum Gasteiger partial charge on any atom is -0.371 e. The number of aromatic nitrogens is 4. The van der Waals surface area contributed by atoms with E-state index >= 15 is 0 Å². The highest BCUT2D eigenvalue weighted by Crippen LogP contribution is 2.38. The number of piperidine rings is 1. The molecule has 44 heavy (non-hydrogen) atoms. The number of nitrogens with zero attached hydrogens (tertiary/aromatic N) is 6. The van der Waals surface area contributed by atoms with Crippen LogP contribution >= 0.6 is 23.2 Å². The molecule has 8 nitrogen and oxygen atoms in total. The van der Waals surface area contributed by atoms with Gasteiger partial charge in [-0.3, -0.25) is 9.88 Å². The molecule has 13 heteroatoms. The Bertz CT molecular complexity index is 1880. The first-order valence-electron chi connectivity index (χ1n) is 13.6. The number of pyridine rings is 1. The van der Waals surface area contributed by atoms with E-state index in [0.29, 0.717) is 45.2 Å². The van der Waals surface area contributed by atoms with Gasteiger partial charge in [0.05, 0.1) is 52.3 Å². The van der Waals surface area contributed by atoms with Crippen molar-refractivity contribution in [3.63, 3.8) is 0 Å². The lowest BCUT2D eigenvalue weighted by Gasteiger charge is -2.35. The number of hydrogen-bond acceptors (Lipinski definition) is 7. The zero-order chi connectivity index (χ0) is 31.0. The zero-order valence-corrected chi connectivity index (χ0v) is 24.8. The molecule has 1 fully saturated rings. The second kappa shape index (κ2) is 12.0. The van der Waals surface area contributed by atoms with Gasteiger partial charge in [-0.1, -0.05) is 58.7 Å². The Balaban J connectivity index is 1.41. The van der Waals surface area contributed by atoms with Crippen molar-refractivity contribution in [1.29, 1.82) is 5.26 Å². The van der Waals surface area contributed by atoms with Gasteiger partial charge < -0.3 is 10.6 Å². The summed E-state index contributed by atoms with van der Waals surface area (Å²) < 4.78 is 44.1. The summed E-state index contributed by atoms with van der Waals surface area (Å²) in [6.45, 7) is 0.119. The molecule has 3 aromatic carbocycles. The van der Waals surface area contributed by atoms with Crippen LogP contribution in [-0.4, -0.2) is 50.9 Å².